The zero-order valence-corrected chi connectivity index (χ0v) is 19.0. The SMILES string of the molecule is Nc1ncc(-c2cccnc2)cc1-c1nn(C2CCCCC2)cc1-c1cccc(Cl)c1Cl. The Bertz CT molecular complexity index is 1250. The molecule has 3 aromatic heterocycles. The van der Waals surface area contributed by atoms with Gasteiger partial charge in [-0.05, 0) is 31.0 Å². The number of rotatable bonds is 4. The number of anilines is 1. The molecule has 0 saturated heterocycles. The second-order valence-electron chi connectivity index (χ2n) is 8.16. The molecule has 5 rings (SSSR count). The van der Waals surface area contributed by atoms with Crippen LogP contribution >= 0.6 is 23.2 Å². The molecule has 1 aromatic carbocycles. The van der Waals surface area contributed by atoms with Gasteiger partial charge in [0.2, 0.25) is 0 Å². The zero-order valence-electron chi connectivity index (χ0n) is 17.5. The molecule has 2 N–H and O–H groups in total. The Morgan fingerprint density at radius 2 is 1.75 bits per heavy atom. The van der Waals surface area contributed by atoms with E-state index < -0.39 is 0 Å². The van der Waals surface area contributed by atoms with Gasteiger partial charge in [0.1, 0.15) is 11.5 Å². The summed E-state index contributed by atoms with van der Waals surface area (Å²) < 4.78 is 2.08. The first-order valence-corrected chi connectivity index (χ1v) is 11.6. The smallest absolute Gasteiger partial charge is 0.132 e. The Labute approximate surface area is 197 Å². The van der Waals surface area contributed by atoms with Crippen molar-refractivity contribution in [1.29, 1.82) is 0 Å². The molecule has 4 aromatic rings. The number of nitrogens with zero attached hydrogens (tertiary/aromatic N) is 4. The maximum absolute atomic E-state index is 6.63. The molecule has 3 heterocycles. The fraction of sp³-hybridized carbons (Fsp3) is 0.240. The van der Waals surface area contributed by atoms with Crippen molar-refractivity contribution in [3.63, 3.8) is 0 Å². The third kappa shape index (κ3) is 3.98. The summed E-state index contributed by atoms with van der Waals surface area (Å²) in [6.07, 6.45) is 13.4. The van der Waals surface area contributed by atoms with Crippen molar-refractivity contribution >= 4 is 29.0 Å². The lowest BCUT2D eigenvalue weighted by Gasteiger charge is -2.21. The molecular formula is C25H23Cl2N5. The van der Waals surface area contributed by atoms with E-state index in [1.54, 1.807) is 18.5 Å². The molecule has 1 saturated carbocycles. The molecular weight excluding hydrogens is 441 g/mol. The Hall–Kier alpha value is -2.89. The van der Waals surface area contributed by atoms with Gasteiger partial charge in [0.05, 0.1) is 16.1 Å². The maximum Gasteiger partial charge on any atom is 0.132 e. The summed E-state index contributed by atoms with van der Waals surface area (Å²) in [5.74, 6) is 0.422. The second-order valence-corrected chi connectivity index (χ2v) is 8.95. The molecule has 1 fully saturated rings. The van der Waals surface area contributed by atoms with Crippen LogP contribution < -0.4 is 5.73 Å². The van der Waals surface area contributed by atoms with Crippen molar-refractivity contribution in [2.24, 2.45) is 0 Å². The van der Waals surface area contributed by atoms with Crippen molar-refractivity contribution in [3.05, 3.63) is 71.2 Å². The molecule has 0 unspecified atom stereocenters. The van der Waals surface area contributed by atoms with Crippen LogP contribution in [0.1, 0.15) is 38.1 Å². The average molecular weight is 464 g/mol. The first-order chi connectivity index (χ1) is 15.6. The molecule has 0 aliphatic heterocycles. The quantitative estimate of drug-likeness (QED) is 0.351. The van der Waals surface area contributed by atoms with Gasteiger partial charge in [0, 0.05) is 52.6 Å². The first kappa shape index (κ1) is 21.0. The van der Waals surface area contributed by atoms with E-state index in [2.05, 4.69) is 20.8 Å². The Balaban J connectivity index is 1.69. The predicted molar refractivity (Wildman–Crippen MR) is 131 cm³/mol. The molecule has 0 spiro atoms. The van der Waals surface area contributed by atoms with Gasteiger partial charge in [-0.1, -0.05) is 60.7 Å². The summed E-state index contributed by atoms with van der Waals surface area (Å²) in [7, 11) is 0. The highest BCUT2D eigenvalue weighted by atomic mass is 35.5. The van der Waals surface area contributed by atoms with Crippen molar-refractivity contribution < 1.29 is 0 Å². The lowest BCUT2D eigenvalue weighted by molar-refractivity contribution is 0.330. The Morgan fingerprint density at radius 3 is 2.53 bits per heavy atom. The molecule has 32 heavy (non-hydrogen) atoms. The van der Waals surface area contributed by atoms with Crippen molar-refractivity contribution in [3.8, 4) is 33.5 Å². The monoisotopic (exact) mass is 463 g/mol. The number of pyridine rings is 2. The van der Waals surface area contributed by atoms with Crippen LogP contribution in [0.2, 0.25) is 10.0 Å². The number of halogens is 2. The molecule has 0 atom stereocenters. The van der Waals surface area contributed by atoms with E-state index >= 15 is 0 Å². The van der Waals surface area contributed by atoms with E-state index in [1.807, 2.05) is 36.5 Å². The predicted octanol–water partition coefficient (Wildman–Crippen LogP) is 7.07. The second kappa shape index (κ2) is 8.93. The van der Waals surface area contributed by atoms with Gasteiger partial charge >= 0.3 is 0 Å². The summed E-state index contributed by atoms with van der Waals surface area (Å²) in [4.78, 5) is 8.70. The van der Waals surface area contributed by atoms with Gasteiger partial charge in [-0.3, -0.25) is 9.67 Å². The van der Waals surface area contributed by atoms with E-state index in [1.165, 1.54) is 19.3 Å². The third-order valence-corrected chi connectivity index (χ3v) is 6.91. The molecule has 162 valence electrons. The Morgan fingerprint density at radius 1 is 0.906 bits per heavy atom. The van der Waals surface area contributed by atoms with Gasteiger partial charge in [-0.25, -0.2) is 4.98 Å². The number of nitrogen functional groups attached to an aromatic ring is 1. The number of nitrogens with two attached hydrogens (primary N) is 1. The minimum atomic E-state index is 0.366. The average Bonchev–Trinajstić information content (AvgIpc) is 3.27. The van der Waals surface area contributed by atoms with Crippen LogP contribution in [-0.4, -0.2) is 19.7 Å². The van der Waals surface area contributed by atoms with Crippen LogP contribution in [0.3, 0.4) is 0 Å². The minimum Gasteiger partial charge on any atom is -0.383 e. The minimum absolute atomic E-state index is 0.366. The summed E-state index contributed by atoms with van der Waals surface area (Å²) in [6, 6.07) is 11.9. The molecule has 1 aliphatic carbocycles. The van der Waals surface area contributed by atoms with E-state index in [-0.39, 0.29) is 0 Å². The number of hydrogen-bond acceptors (Lipinski definition) is 4. The van der Waals surface area contributed by atoms with Gasteiger partial charge < -0.3 is 5.73 Å². The number of hydrogen-bond donors (Lipinski definition) is 1. The molecule has 0 amide bonds. The van der Waals surface area contributed by atoms with E-state index in [9.17, 15) is 0 Å². The fourth-order valence-corrected chi connectivity index (χ4v) is 4.79. The van der Waals surface area contributed by atoms with E-state index in [0.717, 1.165) is 46.4 Å². The van der Waals surface area contributed by atoms with Crippen LogP contribution in [0, 0.1) is 0 Å². The lowest BCUT2D eigenvalue weighted by Crippen LogP contribution is -2.13. The van der Waals surface area contributed by atoms with Crippen LogP contribution in [-0.2, 0) is 0 Å². The third-order valence-electron chi connectivity index (χ3n) is 6.09. The lowest BCUT2D eigenvalue weighted by atomic mass is 9.95. The van der Waals surface area contributed by atoms with E-state index in [0.29, 0.717) is 21.9 Å². The van der Waals surface area contributed by atoms with Crippen LogP contribution in [0.15, 0.2) is 61.2 Å². The molecule has 5 nitrogen and oxygen atoms in total. The zero-order chi connectivity index (χ0) is 22.1. The summed E-state index contributed by atoms with van der Waals surface area (Å²) in [6.45, 7) is 0. The van der Waals surface area contributed by atoms with Crippen LogP contribution in [0.4, 0.5) is 5.82 Å². The highest BCUT2D eigenvalue weighted by Crippen LogP contribution is 2.41. The van der Waals surface area contributed by atoms with E-state index in [4.69, 9.17) is 34.0 Å². The maximum atomic E-state index is 6.63. The van der Waals surface area contributed by atoms with Gasteiger partial charge in [-0.2, -0.15) is 5.10 Å². The van der Waals surface area contributed by atoms with Gasteiger partial charge in [0.25, 0.3) is 0 Å². The highest BCUT2D eigenvalue weighted by molar-refractivity contribution is 6.43. The van der Waals surface area contributed by atoms with Crippen molar-refractivity contribution in [2.75, 3.05) is 5.73 Å². The topological polar surface area (TPSA) is 69.6 Å². The standard InChI is InChI=1S/C25H23Cl2N5/c26-22-10-4-9-19(23(22)27)21-15-32(18-7-2-1-3-8-18)31-24(21)20-12-17(14-30-25(20)28)16-6-5-11-29-13-16/h4-6,9-15,18H,1-3,7-8H2,(H2,28,30). The number of aromatic nitrogens is 4. The molecule has 0 bridgehead atoms. The summed E-state index contributed by atoms with van der Waals surface area (Å²) >= 11 is 13.0. The van der Waals surface area contributed by atoms with Crippen LogP contribution in [0.5, 0.6) is 0 Å². The molecule has 0 radical (unpaired) electrons. The van der Waals surface area contributed by atoms with Crippen molar-refractivity contribution in [1.82, 2.24) is 19.7 Å². The van der Waals surface area contributed by atoms with Crippen LogP contribution in [0.25, 0.3) is 33.5 Å². The Kier molecular flexibility index (Phi) is 5.85. The fourth-order valence-electron chi connectivity index (χ4n) is 4.39. The largest absolute Gasteiger partial charge is 0.383 e. The molecule has 1 aliphatic rings. The summed E-state index contributed by atoms with van der Waals surface area (Å²) in [5.41, 5.74) is 11.5. The first-order valence-electron chi connectivity index (χ1n) is 10.8. The number of benzene rings is 1. The molecule has 7 heteroatoms. The summed E-state index contributed by atoms with van der Waals surface area (Å²) in [5, 5.41) is 6.04. The highest BCUT2D eigenvalue weighted by Gasteiger charge is 2.23. The normalized spacial score (nSPS) is 14.6. The van der Waals surface area contributed by atoms with Gasteiger partial charge in [-0.15, -0.1) is 0 Å². The van der Waals surface area contributed by atoms with Crippen molar-refractivity contribution in [2.45, 2.75) is 38.1 Å². The van der Waals surface area contributed by atoms with Gasteiger partial charge in [0.15, 0.2) is 0 Å².